The number of piperazine rings is 1. The molecule has 2 atom stereocenters. The van der Waals surface area contributed by atoms with E-state index in [2.05, 4.69) is 52.8 Å². The SMILES string of the molecule is Cc1nc(N2CC3CC2CN3Cc2ccc(Br)cn2)c2ccncc2n1. The maximum atomic E-state index is 4.77. The predicted molar refractivity (Wildman–Crippen MR) is 104 cm³/mol. The van der Waals surface area contributed by atoms with Gasteiger partial charge < -0.3 is 4.90 Å². The van der Waals surface area contributed by atoms with Gasteiger partial charge in [-0.15, -0.1) is 0 Å². The van der Waals surface area contributed by atoms with E-state index in [-0.39, 0.29) is 0 Å². The summed E-state index contributed by atoms with van der Waals surface area (Å²) in [5, 5.41) is 1.10. The number of aromatic nitrogens is 4. The Kier molecular flexibility index (Phi) is 3.86. The molecule has 132 valence electrons. The number of aryl methyl sites for hydroxylation is 1. The van der Waals surface area contributed by atoms with E-state index < -0.39 is 0 Å². The summed E-state index contributed by atoms with van der Waals surface area (Å²) in [6.07, 6.45) is 6.71. The lowest BCUT2D eigenvalue weighted by Crippen LogP contribution is -2.46. The van der Waals surface area contributed by atoms with Crippen LogP contribution in [0.15, 0.2) is 41.3 Å². The van der Waals surface area contributed by atoms with Crippen molar-refractivity contribution < 1.29 is 0 Å². The first-order valence-corrected chi connectivity index (χ1v) is 9.66. The van der Waals surface area contributed by atoms with Crippen molar-refractivity contribution in [1.29, 1.82) is 0 Å². The summed E-state index contributed by atoms with van der Waals surface area (Å²) in [4.78, 5) is 23.0. The van der Waals surface area contributed by atoms with Crippen molar-refractivity contribution in [2.75, 3.05) is 18.0 Å². The van der Waals surface area contributed by atoms with Crippen LogP contribution in [0.25, 0.3) is 10.9 Å². The second-order valence-corrected chi connectivity index (χ2v) is 8.00. The van der Waals surface area contributed by atoms with Crippen LogP contribution in [0.5, 0.6) is 0 Å². The predicted octanol–water partition coefficient (Wildman–Crippen LogP) is 2.95. The third-order valence-electron chi connectivity index (χ3n) is 5.37. The Balaban J connectivity index is 1.38. The first-order chi connectivity index (χ1) is 12.7. The van der Waals surface area contributed by atoms with Crippen LogP contribution in [-0.4, -0.2) is 50.0 Å². The lowest BCUT2D eigenvalue weighted by Gasteiger charge is -2.35. The number of halogens is 1. The first-order valence-electron chi connectivity index (χ1n) is 8.87. The molecule has 0 saturated carbocycles. The maximum Gasteiger partial charge on any atom is 0.140 e. The van der Waals surface area contributed by atoms with E-state index in [0.29, 0.717) is 12.1 Å². The van der Waals surface area contributed by atoms with Crippen LogP contribution in [0, 0.1) is 6.92 Å². The summed E-state index contributed by atoms with van der Waals surface area (Å²) in [6, 6.07) is 7.24. The Morgan fingerprint density at radius 1 is 1.12 bits per heavy atom. The topological polar surface area (TPSA) is 58.0 Å². The van der Waals surface area contributed by atoms with Crippen molar-refractivity contribution in [3.8, 4) is 0 Å². The van der Waals surface area contributed by atoms with Gasteiger partial charge in [0.25, 0.3) is 0 Å². The quantitative estimate of drug-likeness (QED) is 0.661. The molecule has 0 N–H and O–H groups in total. The molecular formula is C19H19BrN6. The number of hydrogen-bond acceptors (Lipinski definition) is 6. The van der Waals surface area contributed by atoms with Gasteiger partial charge in [0.2, 0.25) is 0 Å². The molecule has 7 heteroatoms. The van der Waals surface area contributed by atoms with E-state index in [1.165, 1.54) is 6.42 Å². The highest BCUT2D eigenvalue weighted by Crippen LogP contribution is 2.37. The molecule has 3 aromatic heterocycles. The number of nitrogens with zero attached hydrogens (tertiary/aromatic N) is 6. The lowest BCUT2D eigenvalue weighted by atomic mass is 10.2. The van der Waals surface area contributed by atoms with Crippen LogP contribution in [0.1, 0.15) is 17.9 Å². The number of hydrogen-bond donors (Lipinski definition) is 0. The Morgan fingerprint density at radius 2 is 2.04 bits per heavy atom. The van der Waals surface area contributed by atoms with Gasteiger partial charge in [-0.25, -0.2) is 9.97 Å². The largest absolute Gasteiger partial charge is 0.350 e. The average molecular weight is 411 g/mol. The van der Waals surface area contributed by atoms with Crippen molar-refractivity contribution in [3.63, 3.8) is 0 Å². The average Bonchev–Trinajstić information content (AvgIpc) is 3.23. The van der Waals surface area contributed by atoms with Gasteiger partial charge in [-0.05, 0) is 47.5 Å². The van der Waals surface area contributed by atoms with Gasteiger partial charge in [0, 0.05) is 54.0 Å². The minimum Gasteiger partial charge on any atom is -0.350 e. The first kappa shape index (κ1) is 16.1. The van der Waals surface area contributed by atoms with Crippen LogP contribution in [0.2, 0.25) is 0 Å². The van der Waals surface area contributed by atoms with Gasteiger partial charge >= 0.3 is 0 Å². The molecule has 2 unspecified atom stereocenters. The molecule has 3 aromatic rings. The molecule has 6 nitrogen and oxygen atoms in total. The molecule has 2 saturated heterocycles. The van der Waals surface area contributed by atoms with Crippen LogP contribution in [0.4, 0.5) is 5.82 Å². The molecule has 26 heavy (non-hydrogen) atoms. The molecule has 0 aliphatic carbocycles. The van der Waals surface area contributed by atoms with Crippen molar-refractivity contribution in [1.82, 2.24) is 24.8 Å². The zero-order chi connectivity index (χ0) is 17.7. The van der Waals surface area contributed by atoms with Gasteiger partial charge in [0.05, 0.1) is 17.4 Å². The summed E-state index contributed by atoms with van der Waals surface area (Å²) < 4.78 is 1.02. The highest BCUT2D eigenvalue weighted by atomic mass is 79.9. The number of anilines is 1. The number of likely N-dealkylation sites (tertiary alicyclic amines) is 1. The standard InChI is InChI=1S/C19H19BrN6/c1-12-23-18-8-21-5-4-17(18)19(24-12)26-11-15-6-16(26)10-25(15)9-14-3-2-13(20)7-22-14/h2-5,7-8,15-16H,6,9-11H2,1H3. The molecule has 2 bridgehead atoms. The van der Waals surface area contributed by atoms with E-state index in [4.69, 9.17) is 4.98 Å². The van der Waals surface area contributed by atoms with Crippen LogP contribution >= 0.6 is 15.9 Å². The van der Waals surface area contributed by atoms with E-state index in [0.717, 1.165) is 52.3 Å². The van der Waals surface area contributed by atoms with Crippen molar-refractivity contribution in [3.05, 3.63) is 52.8 Å². The number of rotatable bonds is 3. The fraction of sp³-hybridized carbons (Fsp3) is 0.368. The molecule has 2 aliphatic rings. The molecule has 2 aliphatic heterocycles. The Bertz CT molecular complexity index is 960. The summed E-state index contributed by atoms with van der Waals surface area (Å²) in [6.45, 7) is 4.93. The smallest absolute Gasteiger partial charge is 0.140 e. The Morgan fingerprint density at radius 3 is 2.81 bits per heavy atom. The van der Waals surface area contributed by atoms with Crippen molar-refractivity contribution in [2.24, 2.45) is 0 Å². The molecule has 0 aromatic carbocycles. The minimum absolute atomic E-state index is 0.501. The van der Waals surface area contributed by atoms with Crippen LogP contribution < -0.4 is 4.90 Å². The Hall–Kier alpha value is -2.12. The molecular weight excluding hydrogens is 392 g/mol. The monoisotopic (exact) mass is 410 g/mol. The van der Waals surface area contributed by atoms with Gasteiger partial charge in [0.15, 0.2) is 0 Å². The highest BCUT2D eigenvalue weighted by Gasteiger charge is 2.44. The fourth-order valence-corrected chi connectivity index (χ4v) is 4.44. The van der Waals surface area contributed by atoms with E-state index >= 15 is 0 Å². The number of fused-ring (bicyclic) bond motifs is 3. The minimum atomic E-state index is 0.501. The highest BCUT2D eigenvalue weighted by molar-refractivity contribution is 9.10. The maximum absolute atomic E-state index is 4.77. The number of pyridine rings is 2. The lowest BCUT2D eigenvalue weighted by molar-refractivity contribution is 0.227. The van der Waals surface area contributed by atoms with Gasteiger partial charge in [-0.3, -0.25) is 14.9 Å². The van der Waals surface area contributed by atoms with E-state index in [1.807, 2.05) is 31.6 Å². The third kappa shape index (κ3) is 2.75. The van der Waals surface area contributed by atoms with E-state index in [1.54, 1.807) is 0 Å². The molecule has 0 radical (unpaired) electrons. The second-order valence-electron chi connectivity index (χ2n) is 7.08. The second kappa shape index (κ2) is 6.25. The van der Waals surface area contributed by atoms with Gasteiger partial charge in [0.1, 0.15) is 11.6 Å². The molecule has 5 rings (SSSR count). The third-order valence-corrected chi connectivity index (χ3v) is 5.84. The normalized spacial score (nSPS) is 22.5. The zero-order valence-electron chi connectivity index (χ0n) is 14.5. The molecule has 0 spiro atoms. The molecule has 5 heterocycles. The van der Waals surface area contributed by atoms with Crippen molar-refractivity contribution >= 4 is 32.7 Å². The summed E-state index contributed by atoms with van der Waals surface area (Å²) in [5.74, 6) is 1.86. The summed E-state index contributed by atoms with van der Waals surface area (Å²) in [7, 11) is 0. The van der Waals surface area contributed by atoms with Crippen LogP contribution in [0.3, 0.4) is 0 Å². The van der Waals surface area contributed by atoms with Gasteiger partial charge in [-0.1, -0.05) is 0 Å². The zero-order valence-corrected chi connectivity index (χ0v) is 16.1. The summed E-state index contributed by atoms with van der Waals surface area (Å²) in [5.41, 5.74) is 2.05. The Labute approximate surface area is 160 Å². The van der Waals surface area contributed by atoms with Gasteiger partial charge in [-0.2, -0.15) is 0 Å². The van der Waals surface area contributed by atoms with E-state index in [9.17, 15) is 0 Å². The molecule has 0 amide bonds. The fourth-order valence-electron chi connectivity index (χ4n) is 4.21. The molecule has 2 fully saturated rings. The summed E-state index contributed by atoms with van der Waals surface area (Å²) >= 11 is 3.45. The van der Waals surface area contributed by atoms with Crippen molar-refractivity contribution in [2.45, 2.75) is 32.0 Å². The van der Waals surface area contributed by atoms with Crippen LogP contribution in [-0.2, 0) is 6.54 Å².